The van der Waals surface area contributed by atoms with Crippen LogP contribution in [0, 0.1) is 5.92 Å². The molecule has 0 bridgehead atoms. The number of aliphatic carboxylic acids is 1. The predicted molar refractivity (Wildman–Crippen MR) is 58.0 cm³/mol. The maximum absolute atomic E-state index is 11.4. The molecule has 0 aliphatic heterocycles. The first-order valence-electron chi connectivity index (χ1n) is 5.18. The molecule has 0 unspecified atom stereocenters. The number of hydrogen-bond donors (Lipinski definition) is 2. The minimum Gasteiger partial charge on any atom is -0.481 e. The Hall–Kier alpha value is -1.52. The summed E-state index contributed by atoms with van der Waals surface area (Å²) in [5, 5.41) is 11.4. The van der Waals surface area contributed by atoms with Crippen LogP contribution in [0.5, 0.6) is 0 Å². The zero-order valence-corrected chi connectivity index (χ0v) is 9.69. The highest BCUT2D eigenvalue weighted by Gasteiger charge is 2.31. The fourth-order valence-electron chi connectivity index (χ4n) is 1.50. The number of alkyl carbamates (subject to hydrolysis) is 1. The Balaban J connectivity index is 2.51. The molecule has 2 atom stereocenters. The number of carboxylic acids is 1. The van der Waals surface area contributed by atoms with Gasteiger partial charge < -0.3 is 15.2 Å². The molecule has 1 aliphatic carbocycles. The summed E-state index contributed by atoms with van der Waals surface area (Å²) in [6.45, 7) is 5.27. The van der Waals surface area contributed by atoms with E-state index in [2.05, 4.69) is 5.32 Å². The molecule has 2 N–H and O–H groups in total. The van der Waals surface area contributed by atoms with Gasteiger partial charge in [0.2, 0.25) is 0 Å². The largest absolute Gasteiger partial charge is 0.481 e. The standard InChI is InChI=1S/C11H17NO4/c1-11(2,3)16-10(15)12-8-6-4-5-7(8)9(13)14/h4,6-8H,5H2,1-3H3,(H,12,15)(H,13,14)/t7-,8+/m1/s1. The molecule has 90 valence electrons. The molecule has 16 heavy (non-hydrogen) atoms. The van der Waals surface area contributed by atoms with Gasteiger partial charge in [0.25, 0.3) is 0 Å². The quantitative estimate of drug-likeness (QED) is 0.701. The Labute approximate surface area is 94.5 Å². The first kappa shape index (κ1) is 12.5. The highest BCUT2D eigenvalue weighted by Crippen LogP contribution is 2.19. The van der Waals surface area contributed by atoms with Gasteiger partial charge in [-0.2, -0.15) is 0 Å². The number of carboxylic acid groups (broad SMARTS) is 1. The van der Waals surface area contributed by atoms with Crippen LogP contribution in [0.2, 0.25) is 0 Å². The van der Waals surface area contributed by atoms with Crippen LogP contribution in [0.1, 0.15) is 27.2 Å². The highest BCUT2D eigenvalue weighted by molar-refractivity contribution is 5.75. The van der Waals surface area contributed by atoms with Crippen molar-refractivity contribution in [2.75, 3.05) is 0 Å². The minimum atomic E-state index is -0.911. The van der Waals surface area contributed by atoms with E-state index in [0.717, 1.165) is 0 Å². The van der Waals surface area contributed by atoms with Gasteiger partial charge in [-0.15, -0.1) is 0 Å². The molecule has 0 saturated carbocycles. The number of amides is 1. The molecule has 1 aliphatic rings. The summed E-state index contributed by atoms with van der Waals surface area (Å²) < 4.78 is 5.05. The number of allylic oxidation sites excluding steroid dienone is 1. The van der Waals surface area contributed by atoms with Crippen LogP contribution in [0.25, 0.3) is 0 Å². The van der Waals surface area contributed by atoms with Crippen LogP contribution < -0.4 is 5.32 Å². The summed E-state index contributed by atoms with van der Waals surface area (Å²) in [7, 11) is 0. The summed E-state index contributed by atoms with van der Waals surface area (Å²) in [6, 6.07) is -0.479. The van der Waals surface area contributed by atoms with E-state index in [1.807, 2.05) is 0 Å². The highest BCUT2D eigenvalue weighted by atomic mass is 16.6. The summed E-state index contributed by atoms with van der Waals surface area (Å²) in [5.74, 6) is -1.50. The summed E-state index contributed by atoms with van der Waals surface area (Å²) >= 11 is 0. The maximum Gasteiger partial charge on any atom is 0.408 e. The van der Waals surface area contributed by atoms with Gasteiger partial charge in [0, 0.05) is 0 Å². The molecule has 0 aromatic rings. The van der Waals surface area contributed by atoms with Crippen LogP contribution >= 0.6 is 0 Å². The normalized spacial score (nSPS) is 24.2. The lowest BCUT2D eigenvalue weighted by atomic mass is 10.0. The molecule has 0 radical (unpaired) electrons. The topological polar surface area (TPSA) is 75.6 Å². The number of rotatable bonds is 2. The molecule has 1 amide bonds. The molecule has 5 nitrogen and oxygen atoms in total. The molecule has 1 rings (SSSR count). The van der Waals surface area contributed by atoms with Gasteiger partial charge in [0.05, 0.1) is 12.0 Å². The molecule has 0 aromatic carbocycles. The Bertz CT molecular complexity index is 316. The van der Waals surface area contributed by atoms with Crippen molar-refractivity contribution < 1.29 is 19.4 Å². The third-order valence-electron chi connectivity index (χ3n) is 2.17. The van der Waals surface area contributed by atoms with Crippen LogP contribution in [0.15, 0.2) is 12.2 Å². The molecule has 0 aromatic heterocycles. The van der Waals surface area contributed by atoms with E-state index in [4.69, 9.17) is 9.84 Å². The SMILES string of the molecule is CC(C)(C)OC(=O)N[C@H]1C=CC[C@H]1C(=O)O. The van der Waals surface area contributed by atoms with E-state index in [1.54, 1.807) is 32.9 Å². The van der Waals surface area contributed by atoms with Crippen molar-refractivity contribution in [3.05, 3.63) is 12.2 Å². The number of nitrogens with one attached hydrogen (secondary N) is 1. The van der Waals surface area contributed by atoms with E-state index >= 15 is 0 Å². The summed E-state index contributed by atoms with van der Waals surface area (Å²) in [4.78, 5) is 22.3. The number of carbonyl (C=O) groups is 2. The second kappa shape index (κ2) is 4.55. The third-order valence-corrected chi connectivity index (χ3v) is 2.17. The first-order valence-corrected chi connectivity index (χ1v) is 5.18. The fraction of sp³-hybridized carbons (Fsp3) is 0.636. The van der Waals surface area contributed by atoms with Crippen molar-refractivity contribution >= 4 is 12.1 Å². The van der Waals surface area contributed by atoms with Gasteiger partial charge >= 0.3 is 12.1 Å². The van der Waals surface area contributed by atoms with Crippen LogP contribution in [0.3, 0.4) is 0 Å². The van der Waals surface area contributed by atoms with Crippen LogP contribution in [-0.4, -0.2) is 28.8 Å². The average molecular weight is 227 g/mol. The van der Waals surface area contributed by atoms with E-state index in [-0.39, 0.29) is 0 Å². The summed E-state index contributed by atoms with van der Waals surface area (Å²) in [6.07, 6.45) is 3.29. The minimum absolute atomic E-state index is 0.440. The molecule has 0 spiro atoms. The van der Waals surface area contributed by atoms with Crippen molar-refractivity contribution in [3.8, 4) is 0 Å². The lowest BCUT2D eigenvalue weighted by Gasteiger charge is -2.22. The summed E-state index contributed by atoms with van der Waals surface area (Å²) in [5.41, 5.74) is -0.578. The van der Waals surface area contributed by atoms with Gasteiger partial charge in [-0.3, -0.25) is 4.79 Å². The molecule has 0 saturated heterocycles. The van der Waals surface area contributed by atoms with Gasteiger partial charge in [-0.05, 0) is 27.2 Å². The zero-order chi connectivity index (χ0) is 12.3. The molecule has 5 heteroatoms. The number of carbonyl (C=O) groups excluding carboxylic acids is 1. The second-order valence-electron chi connectivity index (χ2n) is 4.78. The maximum atomic E-state index is 11.4. The Morgan fingerprint density at radius 1 is 1.44 bits per heavy atom. The lowest BCUT2D eigenvalue weighted by molar-refractivity contribution is -0.141. The van der Waals surface area contributed by atoms with Gasteiger partial charge in [-0.1, -0.05) is 12.2 Å². The van der Waals surface area contributed by atoms with Crippen molar-refractivity contribution in [2.24, 2.45) is 5.92 Å². The Kier molecular flexibility index (Phi) is 3.57. The van der Waals surface area contributed by atoms with E-state index in [1.165, 1.54) is 0 Å². The van der Waals surface area contributed by atoms with Crippen molar-refractivity contribution in [1.82, 2.24) is 5.32 Å². The smallest absolute Gasteiger partial charge is 0.408 e. The van der Waals surface area contributed by atoms with Crippen molar-refractivity contribution in [2.45, 2.75) is 38.8 Å². The van der Waals surface area contributed by atoms with Gasteiger partial charge in [0.15, 0.2) is 0 Å². The van der Waals surface area contributed by atoms with Gasteiger partial charge in [-0.25, -0.2) is 4.79 Å². The fourth-order valence-corrected chi connectivity index (χ4v) is 1.50. The van der Waals surface area contributed by atoms with Crippen LogP contribution in [0.4, 0.5) is 4.79 Å². The predicted octanol–water partition coefficient (Wildman–Crippen LogP) is 1.54. The third kappa shape index (κ3) is 3.56. The number of hydrogen-bond acceptors (Lipinski definition) is 3. The van der Waals surface area contributed by atoms with E-state index in [9.17, 15) is 9.59 Å². The molecule has 0 fully saturated rings. The average Bonchev–Trinajstić information content (AvgIpc) is 2.47. The Morgan fingerprint density at radius 2 is 2.06 bits per heavy atom. The van der Waals surface area contributed by atoms with Gasteiger partial charge in [0.1, 0.15) is 5.60 Å². The second-order valence-corrected chi connectivity index (χ2v) is 4.78. The number of ether oxygens (including phenoxy) is 1. The van der Waals surface area contributed by atoms with Crippen molar-refractivity contribution in [3.63, 3.8) is 0 Å². The lowest BCUT2D eigenvalue weighted by Crippen LogP contribution is -2.42. The van der Waals surface area contributed by atoms with E-state index in [0.29, 0.717) is 6.42 Å². The van der Waals surface area contributed by atoms with Crippen LogP contribution in [-0.2, 0) is 9.53 Å². The molecular weight excluding hydrogens is 210 g/mol. The van der Waals surface area contributed by atoms with E-state index < -0.39 is 29.6 Å². The zero-order valence-electron chi connectivity index (χ0n) is 9.69. The Morgan fingerprint density at radius 3 is 2.56 bits per heavy atom. The molecule has 0 heterocycles. The first-order chi connectivity index (χ1) is 7.29. The molecular formula is C11H17NO4. The van der Waals surface area contributed by atoms with Crippen molar-refractivity contribution in [1.29, 1.82) is 0 Å². The monoisotopic (exact) mass is 227 g/mol.